The standard InChI is InChI=1S/C32H32FN5O4/c1-31(34)16-42-29-23(31)14-26(36-28(29)18-5-9-22(33)10-6-18)32(40,21-7-8-21)15-35-30(39)20-11-19-12-24(17-3-4-17)37-38-27(19)25(13-20)41-2/h5-6,9-14,17,21,40H,3-4,7-8,15-16,34H2,1-2H3,(H,35,39)/t31-,32+/m0/s1. The van der Waals surface area contributed by atoms with E-state index in [9.17, 15) is 14.3 Å². The summed E-state index contributed by atoms with van der Waals surface area (Å²) < 4.78 is 25.2. The van der Waals surface area contributed by atoms with Crippen molar-refractivity contribution in [3.63, 3.8) is 0 Å². The minimum absolute atomic E-state index is 0.0600. The Kier molecular flexibility index (Phi) is 6.18. The Morgan fingerprint density at radius 3 is 2.62 bits per heavy atom. The lowest BCUT2D eigenvalue weighted by Crippen LogP contribution is -2.43. The van der Waals surface area contributed by atoms with Crippen LogP contribution in [-0.4, -0.2) is 46.5 Å². The Labute approximate surface area is 242 Å². The molecule has 0 unspecified atom stereocenters. The molecule has 0 radical (unpaired) electrons. The Balaban J connectivity index is 1.23. The number of methoxy groups -OCH3 is 1. The third kappa shape index (κ3) is 4.64. The molecule has 9 nitrogen and oxygen atoms in total. The molecule has 2 saturated carbocycles. The van der Waals surface area contributed by atoms with Gasteiger partial charge in [-0.15, -0.1) is 5.10 Å². The predicted octanol–water partition coefficient (Wildman–Crippen LogP) is 4.31. The number of carbonyl (C=O) groups is 1. The van der Waals surface area contributed by atoms with Gasteiger partial charge in [0.25, 0.3) is 5.91 Å². The topological polar surface area (TPSA) is 132 Å². The van der Waals surface area contributed by atoms with Gasteiger partial charge in [0.2, 0.25) is 0 Å². The number of nitrogens with zero attached hydrogens (tertiary/aromatic N) is 3. The smallest absolute Gasteiger partial charge is 0.251 e. The first-order valence-electron chi connectivity index (χ1n) is 14.3. The van der Waals surface area contributed by atoms with E-state index in [0.29, 0.717) is 51.0 Å². The van der Waals surface area contributed by atoms with Gasteiger partial charge in [-0.25, -0.2) is 9.37 Å². The van der Waals surface area contributed by atoms with Gasteiger partial charge in [-0.05, 0) is 87.1 Å². The summed E-state index contributed by atoms with van der Waals surface area (Å²) in [7, 11) is 1.53. The fourth-order valence-corrected chi connectivity index (χ4v) is 5.76. The van der Waals surface area contributed by atoms with E-state index in [0.717, 1.165) is 36.8 Å². The van der Waals surface area contributed by atoms with Crippen molar-refractivity contribution in [2.24, 2.45) is 11.7 Å². The third-order valence-electron chi connectivity index (χ3n) is 8.59. The number of halogens is 1. The molecule has 7 rings (SSSR count). The van der Waals surface area contributed by atoms with E-state index in [1.807, 2.05) is 13.0 Å². The van der Waals surface area contributed by atoms with Crippen LogP contribution in [0.5, 0.6) is 11.5 Å². The second-order valence-electron chi connectivity index (χ2n) is 12.0. The normalized spacial score (nSPS) is 21.0. The van der Waals surface area contributed by atoms with Gasteiger partial charge in [0.15, 0.2) is 5.75 Å². The van der Waals surface area contributed by atoms with Gasteiger partial charge in [-0.2, -0.15) is 5.10 Å². The van der Waals surface area contributed by atoms with Gasteiger partial charge in [0, 0.05) is 28.0 Å². The van der Waals surface area contributed by atoms with Crippen molar-refractivity contribution < 1.29 is 23.8 Å². The number of nitrogens with two attached hydrogens (primary N) is 1. The van der Waals surface area contributed by atoms with E-state index in [4.69, 9.17) is 20.2 Å². The highest BCUT2D eigenvalue weighted by atomic mass is 19.1. The van der Waals surface area contributed by atoms with Crippen molar-refractivity contribution in [1.29, 1.82) is 0 Å². The van der Waals surface area contributed by atoms with Crippen LogP contribution in [-0.2, 0) is 11.1 Å². The quantitative estimate of drug-likeness (QED) is 0.286. The molecule has 3 aliphatic rings. The number of hydrogen-bond acceptors (Lipinski definition) is 8. The summed E-state index contributed by atoms with van der Waals surface area (Å²) >= 11 is 0. The van der Waals surface area contributed by atoms with Crippen LogP contribution in [0.4, 0.5) is 4.39 Å². The highest BCUT2D eigenvalue weighted by Gasteiger charge is 2.48. The molecular formula is C32H32FN5O4. The van der Waals surface area contributed by atoms with Crippen LogP contribution in [0.2, 0.25) is 0 Å². The molecule has 4 N–H and O–H groups in total. The Bertz CT molecular complexity index is 1720. The van der Waals surface area contributed by atoms with Crippen LogP contribution in [0.25, 0.3) is 22.2 Å². The number of aromatic nitrogens is 3. The maximum atomic E-state index is 13.7. The van der Waals surface area contributed by atoms with Crippen molar-refractivity contribution in [1.82, 2.24) is 20.5 Å². The van der Waals surface area contributed by atoms with Crippen molar-refractivity contribution in [3.05, 3.63) is 76.9 Å². The lowest BCUT2D eigenvalue weighted by atomic mass is 9.87. The predicted molar refractivity (Wildman–Crippen MR) is 154 cm³/mol. The van der Waals surface area contributed by atoms with E-state index in [1.54, 1.807) is 30.3 Å². The summed E-state index contributed by atoms with van der Waals surface area (Å²) in [5.41, 5.74) is 8.46. The zero-order chi connectivity index (χ0) is 29.2. The van der Waals surface area contributed by atoms with Crippen LogP contribution in [0, 0.1) is 11.7 Å². The fourth-order valence-electron chi connectivity index (χ4n) is 5.76. The number of hydrogen-bond donors (Lipinski definition) is 3. The van der Waals surface area contributed by atoms with Crippen LogP contribution < -0.4 is 20.5 Å². The van der Waals surface area contributed by atoms with E-state index < -0.39 is 11.1 Å². The molecule has 216 valence electrons. The molecule has 3 heterocycles. The van der Waals surface area contributed by atoms with E-state index in [2.05, 4.69) is 15.5 Å². The van der Waals surface area contributed by atoms with Gasteiger partial charge in [-0.3, -0.25) is 4.79 Å². The molecule has 4 aromatic rings. The molecule has 2 aromatic heterocycles. The molecule has 2 atom stereocenters. The van der Waals surface area contributed by atoms with Gasteiger partial charge >= 0.3 is 0 Å². The zero-order valence-electron chi connectivity index (χ0n) is 23.5. The fraction of sp³-hybridized carbons (Fsp3) is 0.375. The monoisotopic (exact) mass is 569 g/mol. The Morgan fingerprint density at radius 1 is 1.17 bits per heavy atom. The minimum atomic E-state index is -1.45. The van der Waals surface area contributed by atoms with Crippen LogP contribution >= 0.6 is 0 Å². The largest absolute Gasteiger partial charge is 0.494 e. The molecule has 2 aliphatic carbocycles. The lowest BCUT2D eigenvalue weighted by molar-refractivity contribution is 0.00947. The molecule has 10 heteroatoms. The second-order valence-corrected chi connectivity index (χ2v) is 12.0. The summed E-state index contributed by atoms with van der Waals surface area (Å²) in [6.45, 7) is 2.05. The number of ether oxygens (including phenoxy) is 2. The highest BCUT2D eigenvalue weighted by molar-refractivity contribution is 6.00. The molecule has 1 aliphatic heterocycles. The number of nitrogens with one attached hydrogen (secondary N) is 1. The molecule has 0 saturated heterocycles. The van der Waals surface area contributed by atoms with Crippen LogP contribution in [0.15, 0.2) is 48.5 Å². The molecular weight excluding hydrogens is 537 g/mol. The molecule has 2 fully saturated rings. The second kappa shape index (κ2) is 9.71. The Hall–Kier alpha value is -4.15. The summed E-state index contributed by atoms with van der Waals surface area (Å²) in [6.07, 6.45) is 3.76. The third-order valence-corrected chi connectivity index (χ3v) is 8.59. The first kappa shape index (κ1) is 26.7. The Morgan fingerprint density at radius 2 is 1.93 bits per heavy atom. The van der Waals surface area contributed by atoms with Gasteiger partial charge in [-0.1, -0.05) is 0 Å². The van der Waals surface area contributed by atoms with Crippen molar-refractivity contribution in [3.8, 4) is 22.8 Å². The zero-order valence-corrected chi connectivity index (χ0v) is 23.5. The lowest BCUT2D eigenvalue weighted by Gasteiger charge is -2.30. The molecule has 0 bridgehead atoms. The van der Waals surface area contributed by atoms with Crippen LogP contribution in [0.1, 0.15) is 65.8 Å². The maximum absolute atomic E-state index is 13.7. The number of carbonyl (C=O) groups excluding carboxylic acids is 1. The average molecular weight is 570 g/mol. The molecule has 0 spiro atoms. The van der Waals surface area contributed by atoms with Crippen LogP contribution in [0.3, 0.4) is 0 Å². The van der Waals surface area contributed by atoms with E-state index >= 15 is 0 Å². The number of pyridine rings is 1. The summed E-state index contributed by atoms with van der Waals surface area (Å²) in [5, 5.41) is 24.6. The first-order chi connectivity index (χ1) is 20.2. The van der Waals surface area contributed by atoms with Crippen molar-refractivity contribution >= 4 is 16.8 Å². The summed E-state index contributed by atoms with van der Waals surface area (Å²) in [5.74, 6) is 0.573. The summed E-state index contributed by atoms with van der Waals surface area (Å²) in [6, 6.07) is 13.1. The molecule has 2 aromatic carbocycles. The summed E-state index contributed by atoms with van der Waals surface area (Å²) in [4.78, 5) is 18.4. The minimum Gasteiger partial charge on any atom is -0.494 e. The van der Waals surface area contributed by atoms with Gasteiger partial charge in [0.1, 0.15) is 35.0 Å². The number of fused-ring (bicyclic) bond motifs is 2. The number of amides is 1. The number of rotatable bonds is 8. The van der Waals surface area contributed by atoms with E-state index in [1.165, 1.54) is 19.2 Å². The number of aliphatic hydroxyl groups is 1. The van der Waals surface area contributed by atoms with E-state index in [-0.39, 0.29) is 30.8 Å². The van der Waals surface area contributed by atoms with Gasteiger partial charge in [0.05, 0.1) is 30.6 Å². The van der Waals surface area contributed by atoms with Crippen molar-refractivity contribution in [2.45, 2.75) is 49.7 Å². The average Bonchev–Trinajstić information content (AvgIpc) is 3.92. The van der Waals surface area contributed by atoms with Crippen molar-refractivity contribution in [2.75, 3.05) is 20.3 Å². The maximum Gasteiger partial charge on any atom is 0.251 e. The van der Waals surface area contributed by atoms with Gasteiger partial charge < -0.3 is 25.6 Å². The molecule has 42 heavy (non-hydrogen) atoms. The molecule has 1 amide bonds. The number of benzene rings is 2. The SMILES string of the molecule is COc1cc(C(=O)NC[C@](O)(c2cc3c(c(-c4ccc(F)cc4)n2)OC[C@]3(C)N)C2CC2)cc2cc(C3CC3)nnc12. The first-order valence-corrected chi connectivity index (χ1v) is 14.3. The highest BCUT2D eigenvalue weighted by Crippen LogP contribution is 2.49.